The van der Waals surface area contributed by atoms with E-state index in [4.69, 9.17) is 9.47 Å². The van der Waals surface area contributed by atoms with Crippen molar-refractivity contribution >= 4 is 12.1 Å². The Morgan fingerprint density at radius 2 is 1.86 bits per heavy atom. The molecule has 0 aromatic heterocycles. The smallest absolute Gasteiger partial charge is 0.407 e. The number of amides is 1. The van der Waals surface area contributed by atoms with Gasteiger partial charge in [-0.15, -0.1) is 0 Å². The fourth-order valence-corrected chi connectivity index (χ4v) is 1.62. The predicted octanol–water partition coefficient (Wildman–Crippen LogP) is 2.51. The number of benzene rings is 1. The van der Waals surface area contributed by atoms with Gasteiger partial charge in [0.25, 0.3) is 0 Å². The van der Waals surface area contributed by atoms with Crippen molar-refractivity contribution in [3.05, 3.63) is 29.3 Å². The minimum atomic E-state index is -0.553. The van der Waals surface area contributed by atoms with Crippen LogP contribution in [0.3, 0.4) is 0 Å². The van der Waals surface area contributed by atoms with Gasteiger partial charge in [0.1, 0.15) is 11.4 Å². The van der Waals surface area contributed by atoms with E-state index in [0.29, 0.717) is 11.3 Å². The summed E-state index contributed by atoms with van der Waals surface area (Å²) in [7, 11) is 2.81. The largest absolute Gasteiger partial charge is 0.496 e. The van der Waals surface area contributed by atoms with Gasteiger partial charge in [-0.3, -0.25) is 0 Å². The number of rotatable bonds is 4. The lowest BCUT2D eigenvalue weighted by Gasteiger charge is -2.20. The number of esters is 1. The summed E-state index contributed by atoms with van der Waals surface area (Å²) in [6, 6.07) is 4.88. The van der Waals surface area contributed by atoms with Crippen LogP contribution in [-0.4, -0.2) is 31.9 Å². The van der Waals surface area contributed by atoms with Crippen LogP contribution < -0.4 is 10.1 Å². The lowest BCUT2D eigenvalue weighted by molar-refractivity contribution is 0.0521. The zero-order valence-electron chi connectivity index (χ0n) is 13.0. The minimum Gasteiger partial charge on any atom is -0.496 e. The molecule has 6 nitrogen and oxygen atoms in total. The van der Waals surface area contributed by atoms with Crippen LogP contribution in [0.15, 0.2) is 18.2 Å². The SMILES string of the molecule is COC(=O)c1ccc(CNC(=O)OC(C)(C)C)c(OC)c1. The Bertz CT molecular complexity index is 519. The first-order valence-corrected chi connectivity index (χ1v) is 6.49. The summed E-state index contributed by atoms with van der Waals surface area (Å²) in [6.07, 6.45) is -0.512. The first-order valence-electron chi connectivity index (χ1n) is 6.49. The van der Waals surface area contributed by atoms with E-state index in [1.54, 1.807) is 39.0 Å². The van der Waals surface area contributed by atoms with Gasteiger partial charge in [-0.05, 0) is 32.9 Å². The molecular formula is C15H21NO5. The summed E-state index contributed by atoms with van der Waals surface area (Å²) < 4.78 is 15.0. The molecule has 0 fully saturated rings. The maximum absolute atomic E-state index is 11.6. The molecule has 116 valence electrons. The summed E-state index contributed by atoms with van der Waals surface area (Å²) in [6.45, 7) is 5.61. The van der Waals surface area contributed by atoms with Crippen LogP contribution in [0, 0.1) is 0 Å². The molecule has 0 atom stereocenters. The summed E-state index contributed by atoms with van der Waals surface area (Å²) in [5.74, 6) is 0.0499. The molecule has 0 saturated carbocycles. The average Bonchev–Trinajstić information content (AvgIpc) is 2.42. The molecule has 0 spiro atoms. The number of hydrogen-bond donors (Lipinski definition) is 1. The zero-order chi connectivity index (χ0) is 16.0. The van der Waals surface area contributed by atoms with Crippen molar-refractivity contribution in [2.75, 3.05) is 14.2 Å². The second-order valence-corrected chi connectivity index (χ2v) is 5.37. The van der Waals surface area contributed by atoms with E-state index in [1.165, 1.54) is 14.2 Å². The third kappa shape index (κ3) is 5.33. The number of ether oxygens (including phenoxy) is 3. The van der Waals surface area contributed by atoms with Crippen LogP contribution in [0.25, 0.3) is 0 Å². The van der Waals surface area contributed by atoms with Crippen molar-refractivity contribution in [2.45, 2.75) is 32.9 Å². The van der Waals surface area contributed by atoms with Gasteiger partial charge < -0.3 is 19.5 Å². The fraction of sp³-hybridized carbons (Fsp3) is 0.467. The summed E-state index contributed by atoms with van der Waals surface area (Å²) >= 11 is 0. The van der Waals surface area contributed by atoms with E-state index in [0.717, 1.165) is 5.56 Å². The summed E-state index contributed by atoms with van der Waals surface area (Å²) in [5, 5.41) is 2.64. The molecule has 1 N–H and O–H groups in total. The van der Waals surface area contributed by atoms with E-state index >= 15 is 0 Å². The Kier molecular flexibility index (Phi) is 5.58. The van der Waals surface area contributed by atoms with Gasteiger partial charge in [0.05, 0.1) is 19.8 Å². The molecule has 1 amide bonds. The quantitative estimate of drug-likeness (QED) is 0.864. The fourth-order valence-electron chi connectivity index (χ4n) is 1.62. The Morgan fingerprint density at radius 3 is 2.38 bits per heavy atom. The second-order valence-electron chi connectivity index (χ2n) is 5.37. The molecular weight excluding hydrogens is 274 g/mol. The molecule has 0 aliphatic carbocycles. The Hall–Kier alpha value is -2.24. The van der Waals surface area contributed by atoms with Crippen LogP contribution >= 0.6 is 0 Å². The molecule has 0 radical (unpaired) electrons. The minimum absolute atomic E-state index is 0.236. The zero-order valence-corrected chi connectivity index (χ0v) is 13.0. The van der Waals surface area contributed by atoms with Crippen molar-refractivity contribution in [3.8, 4) is 5.75 Å². The van der Waals surface area contributed by atoms with E-state index in [-0.39, 0.29) is 6.54 Å². The van der Waals surface area contributed by atoms with Gasteiger partial charge in [-0.25, -0.2) is 9.59 Å². The van der Waals surface area contributed by atoms with Gasteiger partial charge in [-0.1, -0.05) is 6.07 Å². The van der Waals surface area contributed by atoms with E-state index in [2.05, 4.69) is 10.1 Å². The summed E-state index contributed by atoms with van der Waals surface area (Å²) in [4.78, 5) is 23.1. The summed E-state index contributed by atoms with van der Waals surface area (Å²) in [5.41, 5.74) is 0.564. The van der Waals surface area contributed by atoms with Gasteiger partial charge in [0.15, 0.2) is 0 Å². The average molecular weight is 295 g/mol. The molecule has 6 heteroatoms. The van der Waals surface area contributed by atoms with Gasteiger partial charge in [-0.2, -0.15) is 0 Å². The van der Waals surface area contributed by atoms with Crippen molar-refractivity contribution in [2.24, 2.45) is 0 Å². The Balaban J connectivity index is 2.75. The number of carbonyl (C=O) groups is 2. The van der Waals surface area contributed by atoms with E-state index in [9.17, 15) is 9.59 Å². The third-order valence-corrected chi connectivity index (χ3v) is 2.53. The number of methoxy groups -OCH3 is 2. The number of carbonyl (C=O) groups excluding carboxylic acids is 2. The normalized spacial score (nSPS) is 10.7. The molecule has 1 rings (SSSR count). The number of hydrogen-bond acceptors (Lipinski definition) is 5. The molecule has 0 aliphatic heterocycles. The number of nitrogens with one attached hydrogen (secondary N) is 1. The highest BCUT2D eigenvalue weighted by molar-refractivity contribution is 5.89. The molecule has 0 unspecified atom stereocenters. The van der Waals surface area contributed by atoms with Crippen LogP contribution in [0.1, 0.15) is 36.7 Å². The van der Waals surface area contributed by atoms with Crippen molar-refractivity contribution in [3.63, 3.8) is 0 Å². The van der Waals surface area contributed by atoms with E-state index < -0.39 is 17.7 Å². The van der Waals surface area contributed by atoms with Gasteiger partial charge in [0, 0.05) is 12.1 Å². The van der Waals surface area contributed by atoms with Crippen LogP contribution in [0.5, 0.6) is 5.75 Å². The maximum Gasteiger partial charge on any atom is 0.407 e. The lowest BCUT2D eigenvalue weighted by atomic mass is 10.1. The molecule has 1 aromatic carbocycles. The molecule has 0 saturated heterocycles. The predicted molar refractivity (Wildman–Crippen MR) is 77.4 cm³/mol. The van der Waals surface area contributed by atoms with Crippen LogP contribution in [0.2, 0.25) is 0 Å². The topological polar surface area (TPSA) is 73.9 Å². The van der Waals surface area contributed by atoms with Crippen LogP contribution in [0.4, 0.5) is 4.79 Å². The molecule has 0 heterocycles. The molecule has 0 bridgehead atoms. The second kappa shape index (κ2) is 6.97. The van der Waals surface area contributed by atoms with Crippen LogP contribution in [-0.2, 0) is 16.0 Å². The van der Waals surface area contributed by atoms with Crippen molar-refractivity contribution in [1.29, 1.82) is 0 Å². The standard InChI is InChI=1S/C15H21NO5/c1-15(2,3)21-14(18)16-9-11-7-6-10(13(17)20-5)8-12(11)19-4/h6-8H,9H2,1-5H3,(H,16,18). The Labute approximate surface area is 124 Å². The molecule has 0 aliphatic rings. The Morgan fingerprint density at radius 1 is 1.19 bits per heavy atom. The van der Waals surface area contributed by atoms with Crippen molar-refractivity contribution < 1.29 is 23.8 Å². The van der Waals surface area contributed by atoms with Crippen molar-refractivity contribution in [1.82, 2.24) is 5.32 Å². The first-order chi connectivity index (χ1) is 9.76. The van der Waals surface area contributed by atoms with Gasteiger partial charge in [0.2, 0.25) is 0 Å². The molecule has 1 aromatic rings. The van der Waals surface area contributed by atoms with E-state index in [1.807, 2.05) is 0 Å². The third-order valence-electron chi connectivity index (χ3n) is 2.53. The monoisotopic (exact) mass is 295 g/mol. The lowest BCUT2D eigenvalue weighted by Crippen LogP contribution is -2.32. The first kappa shape index (κ1) is 16.8. The highest BCUT2D eigenvalue weighted by atomic mass is 16.6. The maximum atomic E-state index is 11.6. The highest BCUT2D eigenvalue weighted by Gasteiger charge is 2.16. The number of alkyl carbamates (subject to hydrolysis) is 1. The molecule has 21 heavy (non-hydrogen) atoms. The van der Waals surface area contributed by atoms with Gasteiger partial charge >= 0.3 is 12.1 Å². The highest BCUT2D eigenvalue weighted by Crippen LogP contribution is 2.20.